The highest BCUT2D eigenvalue weighted by atomic mass is 13.9. The number of allylic oxidation sites excluding steroid dienone is 19. The van der Waals surface area contributed by atoms with Crippen molar-refractivity contribution in [2.45, 2.75) is 45.4 Å². The summed E-state index contributed by atoms with van der Waals surface area (Å²) in [5.74, 6) is 0. The van der Waals surface area contributed by atoms with Gasteiger partial charge in [0.15, 0.2) is 0 Å². The van der Waals surface area contributed by atoms with Crippen molar-refractivity contribution in [3.05, 3.63) is 122 Å². The molecule has 0 aromatic heterocycles. The van der Waals surface area contributed by atoms with Gasteiger partial charge in [-0.3, -0.25) is 0 Å². The summed E-state index contributed by atoms with van der Waals surface area (Å²) < 4.78 is 0. The third kappa shape index (κ3) is 23.4. The summed E-state index contributed by atoms with van der Waals surface area (Å²) in [7, 11) is 0. The molecule has 0 atom stereocenters. The summed E-state index contributed by atoms with van der Waals surface area (Å²) in [4.78, 5) is 0. The van der Waals surface area contributed by atoms with Crippen molar-refractivity contribution in [3.8, 4) is 0 Å². The second kappa shape index (κ2) is 23.4. The van der Waals surface area contributed by atoms with Gasteiger partial charge in [0.25, 0.3) is 0 Å². The molecular weight excluding hydrogens is 324 g/mol. The number of rotatable bonds is 15. The molecule has 0 aliphatic rings. The summed E-state index contributed by atoms with van der Waals surface area (Å²) in [5.41, 5.74) is 0. The summed E-state index contributed by atoms with van der Waals surface area (Å²) in [6.07, 6.45) is 45.5. The molecule has 0 rings (SSSR count). The van der Waals surface area contributed by atoms with Crippen molar-refractivity contribution in [3.63, 3.8) is 0 Å². The first kappa shape index (κ1) is 24.4. The molecule has 0 bridgehead atoms. The minimum atomic E-state index is 1.19. The largest absolute Gasteiger partial charge is 0.0845 e. The molecule has 143 valence electrons. The maximum atomic E-state index is 5.22. The van der Waals surface area contributed by atoms with E-state index in [1.165, 1.54) is 44.6 Å². The molecule has 27 heavy (non-hydrogen) atoms. The smallest absolute Gasteiger partial charge is 0.0348 e. The Morgan fingerprint density at radius 3 is 1.22 bits per heavy atom. The number of unbranched alkanes of at least 4 members (excludes halogenated alkanes) is 5. The highest BCUT2D eigenvalue weighted by Crippen LogP contribution is 2.05. The summed E-state index contributed by atoms with van der Waals surface area (Å²) in [5, 5.41) is 0. The van der Waals surface area contributed by atoms with E-state index in [2.05, 4.69) is 31.2 Å². The van der Waals surface area contributed by atoms with Gasteiger partial charge in [0.05, 0.1) is 0 Å². The summed E-state index contributed by atoms with van der Waals surface area (Å²) in [6, 6.07) is 0. The van der Waals surface area contributed by atoms with Crippen molar-refractivity contribution in [2.24, 2.45) is 0 Å². The van der Waals surface area contributed by atoms with Crippen molar-refractivity contribution in [1.82, 2.24) is 0 Å². The van der Waals surface area contributed by atoms with Gasteiger partial charge < -0.3 is 0 Å². The van der Waals surface area contributed by atoms with Crippen molar-refractivity contribution in [2.75, 3.05) is 0 Å². The van der Waals surface area contributed by atoms with E-state index in [1.54, 1.807) is 6.08 Å². The van der Waals surface area contributed by atoms with Crippen LogP contribution >= 0.6 is 0 Å². The van der Waals surface area contributed by atoms with E-state index >= 15 is 0 Å². The molecule has 0 saturated carbocycles. The molecule has 0 nitrogen and oxygen atoms in total. The van der Waals surface area contributed by atoms with Gasteiger partial charge >= 0.3 is 0 Å². The molecule has 0 aliphatic carbocycles. The highest BCUT2D eigenvalue weighted by Gasteiger charge is 1.85. The zero-order chi connectivity index (χ0) is 19.7. The van der Waals surface area contributed by atoms with Crippen molar-refractivity contribution in [1.29, 1.82) is 0 Å². The average Bonchev–Trinajstić information content (AvgIpc) is 2.68. The predicted molar refractivity (Wildman–Crippen MR) is 125 cm³/mol. The second-order valence-corrected chi connectivity index (χ2v) is 5.90. The fourth-order valence-corrected chi connectivity index (χ4v) is 2.07. The van der Waals surface area contributed by atoms with Gasteiger partial charge in [-0.05, 0) is 12.8 Å². The summed E-state index contributed by atoms with van der Waals surface area (Å²) >= 11 is 0. The van der Waals surface area contributed by atoms with E-state index < -0.39 is 0 Å². The minimum absolute atomic E-state index is 1.19. The Balaban J connectivity index is 3.76. The van der Waals surface area contributed by atoms with Crippen molar-refractivity contribution < 1.29 is 0 Å². The van der Waals surface area contributed by atoms with Crippen LogP contribution in [0.1, 0.15) is 45.4 Å². The average molecular weight is 360 g/mol. The zero-order valence-corrected chi connectivity index (χ0v) is 16.8. The number of hydrogen-bond donors (Lipinski definition) is 0. The lowest BCUT2D eigenvalue weighted by Crippen LogP contribution is -1.75. The van der Waals surface area contributed by atoms with Gasteiger partial charge in [0.1, 0.15) is 0 Å². The van der Waals surface area contributed by atoms with E-state index in [9.17, 15) is 0 Å². The molecule has 0 aliphatic heterocycles. The van der Waals surface area contributed by atoms with Gasteiger partial charge in [0, 0.05) is 0 Å². The normalized spacial score (nSPS) is 13.8. The lowest BCUT2D eigenvalue weighted by molar-refractivity contribution is 0.637. The van der Waals surface area contributed by atoms with E-state index in [4.69, 9.17) is 6.58 Å². The SMILES string of the molecule is [CH]=CC=CC=CC=CC=CC=CC=CC=CC=CC=CCCCCCCC. The van der Waals surface area contributed by atoms with Gasteiger partial charge in [-0.1, -0.05) is 155 Å². The molecule has 0 spiro atoms. The van der Waals surface area contributed by atoms with Crippen LogP contribution in [0, 0.1) is 6.58 Å². The molecule has 0 heterocycles. The Hall–Kier alpha value is -2.60. The van der Waals surface area contributed by atoms with E-state index in [0.29, 0.717) is 0 Å². The van der Waals surface area contributed by atoms with Crippen LogP contribution in [0.15, 0.2) is 115 Å². The standard InChI is InChI=1S/C27H35/c1-3-5-7-9-11-13-15-17-19-21-23-25-27-26-24-22-20-18-16-14-12-10-8-6-4-2/h1,3,5,7,9,11,13,15-27H,4,6,8,10,12,14H2,2H3. The van der Waals surface area contributed by atoms with Crippen LogP contribution < -0.4 is 0 Å². The van der Waals surface area contributed by atoms with Crippen LogP contribution in [-0.2, 0) is 0 Å². The Morgan fingerprint density at radius 2 is 0.815 bits per heavy atom. The van der Waals surface area contributed by atoms with E-state index in [1.807, 2.05) is 79.0 Å². The van der Waals surface area contributed by atoms with E-state index in [-0.39, 0.29) is 0 Å². The van der Waals surface area contributed by atoms with Crippen LogP contribution in [0.5, 0.6) is 0 Å². The molecule has 0 aromatic rings. The van der Waals surface area contributed by atoms with Crippen LogP contribution in [0.3, 0.4) is 0 Å². The van der Waals surface area contributed by atoms with Crippen LogP contribution in [-0.4, -0.2) is 0 Å². The molecular formula is C27H35. The minimum Gasteiger partial charge on any atom is -0.0845 e. The molecule has 1 radical (unpaired) electrons. The Bertz CT molecular complexity index is 584. The fraction of sp³-hybridized carbons (Fsp3) is 0.259. The number of hydrogen-bond acceptors (Lipinski definition) is 0. The van der Waals surface area contributed by atoms with Crippen LogP contribution in [0.4, 0.5) is 0 Å². The van der Waals surface area contributed by atoms with Gasteiger partial charge in [-0.2, -0.15) is 0 Å². The van der Waals surface area contributed by atoms with Gasteiger partial charge in [-0.25, -0.2) is 0 Å². The quantitative estimate of drug-likeness (QED) is 0.203. The first-order valence-corrected chi connectivity index (χ1v) is 9.95. The first-order chi connectivity index (χ1) is 13.4. The maximum absolute atomic E-state index is 5.22. The molecule has 0 unspecified atom stereocenters. The van der Waals surface area contributed by atoms with Crippen molar-refractivity contribution >= 4 is 0 Å². The Morgan fingerprint density at radius 1 is 0.444 bits per heavy atom. The molecule has 0 N–H and O–H groups in total. The van der Waals surface area contributed by atoms with E-state index in [0.717, 1.165) is 0 Å². The lowest BCUT2D eigenvalue weighted by atomic mass is 10.1. The van der Waals surface area contributed by atoms with Gasteiger partial charge in [-0.15, -0.1) is 0 Å². The molecule has 0 fully saturated rings. The highest BCUT2D eigenvalue weighted by molar-refractivity contribution is 5.22. The molecule has 0 heteroatoms. The second-order valence-electron chi connectivity index (χ2n) is 5.90. The maximum Gasteiger partial charge on any atom is -0.0348 e. The van der Waals surface area contributed by atoms with Crippen LogP contribution in [0.25, 0.3) is 0 Å². The third-order valence-corrected chi connectivity index (χ3v) is 3.50. The summed E-state index contributed by atoms with van der Waals surface area (Å²) in [6.45, 7) is 7.48. The predicted octanol–water partition coefficient (Wildman–Crippen LogP) is 8.34. The Kier molecular flexibility index (Phi) is 21.1. The van der Waals surface area contributed by atoms with Crippen LogP contribution in [0.2, 0.25) is 0 Å². The topological polar surface area (TPSA) is 0 Å². The lowest BCUT2D eigenvalue weighted by Gasteiger charge is -1.95. The Labute approximate surface area is 167 Å². The van der Waals surface area contributed by atoms with Gasteiger partial charge in [0.2, 0.25) is 0 Å². The fourth-order valence-electron chi connectivity index (χ4n) is 2.07. The first-order valence-electron chi connectivity index (χ1n) is 9.95. The molecule has 0 aromatic carbocycles. The molecule has 0 amide bonds. The third-order valence-electron chi connectivity index (χ3n) is 3.50. The monoisotopic (exact) mass is 359 g/mol. The zero-order valence-electron chi connectivity index (χ0n) is 16.8. The molecule has 0 saturated heterocycles.